The van der Waals surface area contributed by atoms with Gasteiger partial charge in [-0.25, -0.2) is 0 Å². The predicted molar refractivity (Wildman–Crippen MR) is 165 cm³/mol. The highest BCUT2D eigenvalue weighted by Crippen LogP contribution is 2.69. The van der Waals surface area contributed by atoms with E-state index in [1.54, 1.807) is 13.8 Å². The molecule has 1 N–H and O–H groups in total. The van der Waals surface area contributed by atoms with Crippen LogP contribution in [-0.2, 0) is 23.9 Å². The Morgan fingerprint density at radius 3 is 2.12 bits per heavy atom. The van der Waals surface area contributed by atoms with Crippen LogP contribution in [0.3, 0.4) is 0 Å². The number of hydrogen-bond acceptors (Lipinski definition) is 6. The first-order valence-electron chi connectivity index (χ1n) is 17.3. The van der Waals surface area contributed by atoms with Crippen molar-refractivity contribution >= 4 is 17.7 Å². The zero-order chi connectivity index (χ0) is 30.5. The molecule has 6 nitrogen and oxygen atoms in total. The second-order valence-corrected chi connectivity index (χ2v) is 14.7. The smallest absolute Gasteiger partial charge is 0.320 e. The summed E-state index contributed by atoms with van der Waals surface area (Å²) >= 11 is 0. The number of unbranched alkanes of at least 4 members (excludes halogenated alkanes) is 6. The van der Waals surface area contributed by atoms with Crippen molar-refractivity contribution in [3.8, 4) is 0 Å². The van der Waals surface area contributed by atoms with Crippen LogP contribution in [0.1, 0.15) is 137 Å². The molecule has 3 fully saturated rings. The molecule has 0 aromatic carbocycles. The molecule has 5 unspecified atom stereocenters. The molecule has 0 heterocycles. The highest BCUT2D eigenvalue weighted by Gasteiger charge is 2.64. The summed E-state index contributed by atoms with van der Waals surface area (Å²) in [6.45, 7) is 11.0. The van der Waals surface area contributed by atoms with E-state index in [4.69, 9.17) is 9.47 Å². The van der Waals surface area contributed by atoms with Crippen LogP contribution in [-0.4, -0.2) is 41.6 Å². The number of hydrogen-bond donors (Lipinski definition) is 1. The highest BCUT2D eigenvalue weighted by atomic mass is 16.6. The van der Waals surface area contributed by atoms with E-state index < -0.39 is 23.5 Å². The van der Waals surface area contributed by atoms with Gasteiger partial charge in [-0.3, -0.25) is 14.4 Å². The van der Waals surface area contributed by atoms with E-state index in [-0.39, 0.29) is 24.0 Å². The van der Waals surface area contributed by atoms with E-state index in [1.165, 1.54) is 44.1 Å². The van der Waals surface area contributed by atoms with Gasteiger partial charge in [-0.1, -0.05) is 64.4 Å². The molecule has 0 radical (unpaired) electrons. The Labute approximate surface area is 254 Å². The number of carbonyl (C=O) groups is 3. The third kappa shape index (κ3) is 6.69. The van der Waals surface area contributed by atoms with Gasteiger partial charge >= 0.3 is 11.9 Å². The molecule has 0 spiro atoms. The second-order valence-electron chi connectivity index (χ2n) is 14.7. The van der Waals surface area contributed by atoms with Crippen LogP contribution in [0.25, 0.3) is 0 Å². The predicted octanol–water partition coefficient (Wildman–Crippen LogP) is 7.75. The zero-order valence-corrected chi connectivity index (χ0v) is 27.2. The van der Waals surface area contributed by atoms with E-state index in [1.807, 2.05) is 6.08 Å². The van der Waals surface area contributed by atoms with Crippen LogP contribution < -0.4 is 0 Å². The lowest BCUT2D eigenvalue weighted by Crippen LogP contribution is -2.56. The topological polar surface area (TPSA) is 89.9 Å². The summed E-state index contributed by atoms with van der Waals surface area (Å²) < 4.78 is 10.2. The molecule has 6 heteroatoms. The number of ether oxygens (including phenoxy) is 2. The number of carbonyl (C=O) groups excluding carboxylic acids is 3. The molecular weight excluding hydrogens is 528 g/mol. The number of fused-ring (bicyclic) bond motifs is 5. The molecule has 0 saturated heterocycles. The maximum absolute atomic E-state index is 12.5. The van der Waals surface area contributed by atoms with Crippen LogP contribution in [0, 0.1) is 40.4 Å². The van der Waals surface area contributed by atoms with Gasteiger partial charge in [-0.15, -0.1) is 0 Å². The fourth-order valence-electron chi connectivity index (χ4n) is 9.70. The van der Waals surface area contributed by atoms with Gasteiger partial charge in [0.05, 0.1) is 18.8 Å². The van der Waals surface area contributed by atoms with Crippen LogP contribution in [0.4, 0.5) is 0 Å². The van der Waals surface area contributed by atoms with Crippen molar-refractivity contribution in [2.45, 2.75) is 143 Å². The molecular formula is C36H58O6. The van der Waals surface area contributed by atoms with Crippen LogP contribution >= 0.6 is 0 Å². The molecule has 0 aromatic heterocycles. The lowest BCUT2D eigenvalue weighted by Gasteiger charge is -2.61. The number of allylic oxidation sites excluding steroid dienone is 1. The largest absolute Gasteiger partial charge is 0.465 e. The van der Waals surface area contributed by atoms with Gasteiger partial charge in [0.15, 0.2) is 11.7 Å². The average Bonchev–Trinajstić information content (AvgIpc) is 3.19. The van der Waals surface area contributed by atoms with Gasteiger partial charge in [0, 0.05) is 6.42 Å². The molecule has 7 atom stereocenters. The van der Waals surface area contributed by atoms with Crippen molar-refractivity contribution in [3.05, 3.63) is 11.6 Å². The lowest BCUT2D eigenvalue weighted by atomic mass is 9.44. The number of ketones is 1. The lowest BCUT2D eigenvalue weighted by molar-refractivity contribution is -0.162. The van der Waals surface area contributed by atoms with Crippen molar-refractivity contribution in [1.82, 2.24) is 0 Å². The Balaban J connectivity index is 1.27. The first-order chi connectivity index (χ1) is 20.0. The van der Waals surface area contributed by atoms with Crippen molar-refractivity contribution in [1.29, 1.82) is 0 Å². The molecule has 4 aliphatic rings. The summed E-state index contributed by atoms with van der Waals surface area (Å²) in [6.07, 6.45) is 18.6. The average molecular weight is 587 g/mol. The third-order valence-corrected chi connectivity index (χ3v) is 12.4. The monoisotopic (exact) mass is 586 g/mol. The van der Waals surface area contributed by atoms with E-state index >= 15 is 0 Å². The number of rotatable bonds is 14. The zero-order valence-electron chi connectivity index (χ0n) is 27.2. The SMILES string of the molecule is CCOC(=O)C(CCCCCCCCCC1CC2=CC(=O)CC[C@]2(C)C2CC[C@@]3(C)C(CCC3(C)O)C12)C(=O)OCC. The number of esters is 2. The van der Waals surface area contributed by atoms with E-state index in [0.29, 0.717) is 42.3 Å². The minimum atomic E-state index is -0.800. The Morgan fingerprint density at radius 1 is 0.881 bits per heavy atom. The standard InChI is InChI=1S/C36H58O6/c1-6-41-32(38)28(33(39)42-7-2)16-14-12-10-8-9-11-13-15-25-23-26-24-27(37)17-20-34(26,3)29-18-21-35(4)30(31(25)29)19-22-36(35,5)40/h24-25,28-31,40H,6-23H2,1-5H3/t25?,29?,30?,31?,34-,35-,36?/m0/s1. The molecule has 0 aliphatic heterocycles. The van der Waals surface area contributed by atoms with Crippen LogP contribution in [0.5, 0.6) is 0 Å². The molecule has 0 aromatic rings. The maximum atomic E-state index is 12.5. The Morgan fingerprint density at radius 2 is 1.48 bits per heavy atom. The van der Waals surface area contributed by atoms with Gasteiger partial charge < -0.3 is 14.6 Å². The summed E-state index contributed by atoms with van der Waals surface area (Å²) in [4.78, 5) is 36.8. The fourth-order valence-corrected chi connectivity index (χ4v) is 9.70. The molecule has 0 bridgehead atoms. The maximum Gasteiger partial charge on any atom is 0.320 e. The van der Waals surface area contributed by atoms with Gasteiger partial charge in [-0.2, -0.15) is 0 Å². The summed E-state index contributed by atoms with van der Waals surface area (Å²) in [5, 5.41) is 11.4. The Bertz CT molecular complexity index is 981. The Kier molecular flexibility index (Phi) is 11.0. The summed E-state index contributed by atoms with van der Waals surface area (Å²) in [5.74, 6) is 1.08. The second kappa shape index (κ2) is 13.9. The van der Waals surface area contributed by atoms with Gasteiger partial charge in [-0.05, 0) is 113 Å². The molecule has 238 valence electrons. The highest BCUT2D eigenvalue weighted by molar-refractivity contribution is 5.94. The summed E-state index contributed by atoms with van der Waals surface area (Å²) in [5.41, 5.74) is 1.03. The molecule has 0 amide bonds. The molecule has 42 heavy (non-hydrogen) atoms. The molecule has 3 saturated carbocycles. The minimum Gasteiger partial charge on any atom is -0.465 e. The van der Waals surface area contributed by atoms with Crippen molar-refractivity contribution in [2.24, 2.45) is 40.4 Å². The van der Waals surface area contributed by atoms with Crippen LogP contribution in [0.15, 0.2) is 11.6 Å². The first-order valence-corrected chi connectivity index (χ1v) is 17.3. The van der Waals surface area contributed by atoms with Crippen molar-refractivity contribution in [3.63, 3.8) is 0 Å². The third-order valence-electron chi connectivity index (χ3n) is 12.4. The molecule has 4 rings (SSSR count). The fraction of sp³-hybridized carbons (Fsp3) is 0.861. The first kappa shape index (κ1) is 33.2. The number of aliphatic hydroxyl groups is 1. The van der Waals surface area contributed by atoms with Crippen LogP contribution in [0.2, 0.25) is 0 Å². The Hall–Kier alpha value is -1.69. The van der Waals surface area contributed by atoms with E-state index in [2.05, 4.69) is 20.8 Å². The molecule has 4 aliphatic carbocycles. The minimum absolute atomic E-state index is 0.00798. The van der Waals surface area contributed by atoms with Gasteiger partial charge in [0.25, 0.3) is 0 Å². The quantitative estimate of drug-likeness (QED) is 0.127. The van der Waals surface area contributed by atoms with Crippen molar-refractivity contribution < 1.29 is 29.0 Å². The summed E-state index contributed by atoms with van der Waals surface area (Å²) in [6, 6.07) is 0. The summed E-state index contributed by atoms with van der Waals surface area (Å²) in [7, 11) is 0. The van der Waals surface area contributed by atoms with Gasteiger partial charge in [0.2, 0.25) is 0 Å². The van der Waals surface area contributed by atoms with E-state index in [9.17, 15) is 19.5 Å². The van der Waals surface area contributed by atoms with Crippen molar-refractivity contribution in [2.75, 3.05) is 13.2 Å². The van der Waals surface area contributed by atoms with Gasteiger partial charge in [0.1, 0.15) is 0 Å². The van der Waals surface area contributed by atoms with E-state index in [0.717, 1.165) is 51.4 Å². The normalized spacial score (nSPS) is 35.7.